The summed E-state index contributed by atoms with van der Waals surface area (Å²) >= 11 is 1.28. The number of aromatic nitrogens is 4. The zero-order chi connectivity index (χ0) is 22.7. The summed E-state index contributed by atoms with van der Waals surface area (Å²) in [5.74, 6) is -0.110. The topological polar surface area (TPSA) is 110 Å². The molecule has 9 nitrogen and oxygen atoms in total. The van der Waals surface area contributed by atoms with E-state index in [9.17, 15) is 13.2 Å². The SMILES string of the molecule is CN(C)S(=O)(=O)c1ccc(NC(=O)CSc2ncnc3c2cnn3-c2ccccc2)cc1. The number of anilines is 1. The van der Waals surface area contributed by atoms with Crippen LogP contribution in [-0.4, -0.2) is 58.2 Å². The Morgan fingerprint density at radius 2 is 1.78 bits per heavy atom. The molecule has 0 unspecified atom stereocenters. The average molecular weight is 469 g/mol. The quantitative estimate of drug-likeness (QED) is 0.328. The number of carbonyl (C=O) groups is 1. The van der Waals surface area contributed by atoms with Crippen molar-refractivity contribution >= 4 is 44.4 Å². The fraction of sp³-hybridized carbons (Fsp3) is 0.143. The standard InChI is InChI=1S/C21H20N6O3S2/c1-26(2)32(29,30)17-10-8-15(9-11-17)25-19(28)13-31-21-18-12-24-27(20(18)22-14-23-21)16-6-4-3-5-7-16/h3-12,14H,13H2,1-2H3,(H,25,28). The van der Waals surface area contributed by atoms with E-state index >= 15 is 0 Å². The number of benzene rings is 2. The molecule has 0 spiro atoms. The third-order valence-electron chi connectivity index (χ3n) is 4.59. The number of sulfonamides is 1. The van der Waals surface area contributed by atoms with Crippen LogP contribution in [-0.2, 0) is 14.8 Å². The van der Waals surface area contributed by atoms with Gasteiger partial charge < -0.3 is 5.32 Å². The molecule has 0 aliphatic rings. The Morgan fingerprint density at radius 3 is 2.47 bits per heavy atom. The van der Waals surface area contributed by atoms with Gasteiger partial charge in [-0.2, -0.15) is 5.10 Å². The van der Waals surface area contributed by atoms with Gasteiger partial charge in [0.05, 0.1) is 27.9 Å². The zero-order valence-corrected chi connectivity index (χ0v) is 19.0. The Hall–Kier alpha value is -3.28. The lowest BCUT2D eigenvalue weighted by molar-refractivity contribution is -0.113. The molecule has 0 aliphatic carbocycles. The van der Waals surface area contributed by atoms with Crippen molar-refractivity contribution in [2.45, 2.75) is 9.92 Å². The van der Waals surface area contributed by atoms with E-state index in [2.05, 4.69) is 20.4 Å². The molecule has 0 saturated carbocycles. The second-order valence-electron chi connectivity index (χ2n) is 6.96. The largest absolute Gasteiger partial charge is 0.325 e. The minimum absolute atomic E-state index is 0.125. The Kier molecular flexibility index (Phi) is 6.21. The van der Waals surface area contributed by atoms with E-state index in [0.717, 1.165) is 15.4 Å². The van der Waals surface area contributed by atoms with Gasteiger partial charge >= 0.3 is 0 Å². The van der Waals surface area contributed by atoms with Crippen LogP contribution in [0.1, 0.15) is 0 Å². The monoisotopic (exact) mass is 468 g/mol. The molecular weight excluding hydrogens is 448 g/mol. The van der Waals surface area contributed by atoms with Crippen LogP contribution in [0, 0.1) is 0 Å². The molecule has 1 N–H and O–H groups in total. The highest BCUT2D eigenvalue weighted by molar-refractivity contribution is 8.00. The minimum Gasteiger partial charge on any atom is -0.325 e. The molecule has 2 aromatic heterocycles. The van der Waals surface area contributed by atoms with Gasteiger partial charge in [0.25, 0.3) is 0 Å². The van der Waals surface area contributed by atoms with Crippen LogP contribution in [0.15, 0.2) is 77.0 Å². The third-order valence-corrected chi connectivity index (χ3v) is 7.42. The van der Waals surface area contributed by atoms with Crippen LogP contribution in [0.4, 0.5) is 5.69 Å². The molecule has 0 fully saturated rings. The van der Waals surface area contributed by atoms with E-state index in [4.69, 9.17) is 0 Å². The Bertz CT molecular complexity index is 1350. The lowest BCUT2D eigenvalue weighted by atomic mass is 10.3. The molecule has 2 heterocycles. The average Bonchev–Trinajstić information content (AvgIpc) is 3.23. The third kappa shape index (κ3) is 4.49. The molecule has 164 valence electrons. The van der Waals surface area contributed by atoms with Gasteiger partial charge in [-0.1, -0.05) is 30.0 Å². The number of thioether (sulfide) groups is 1. The number of nitrogens with one attached hydrogen (secondary N) is 1. The van der Waals surface area contributed by atoms with E-state index in [1.165, 1.54) is 44.3 Å². The van der Waals surface area contributed by atoms with Crippen molar-refractivity contribution < 1.29 is 13.2 Å². The summed E-state index contributed by atoms with van der Waals surface area (Å²) in [5, 5.41) is 8.59. The lowest BCUT2D eigenvalue weighted by Gasteiger charge is -2.12. The van der Waals surface area contributed by atoms with Crippen molar-refractivity contribution in [1.82, 2.24) is 24.1 Å². The zero-order valence-electron chi connectivity index (χ0n) is 17.3. The molecule has 4 rings (SSSR count). The number of hydrogen-bond acceptors (Lipinski definition) is 7. The van der Waals surface area contributed by atoms with Crippen molar-refractivity contribution in [3.05, 3.63) is 67.1 Å². The number of para-hydroxylation sites is 1. The number of nitrogens with zero attached hydrogens (tertiary/aromatic N) is 5. The maximum absolute atomic E-state index is 12.4. The van der Waals surface area contributed by atoms with Gasteiger partial charge in [0, 0.05) is 19.8 Å². The van der Waals surface area contributed by atoms with Crippen LogP contribution < -0.4 is 5.32 Å². The smallest absolute Gasteiger partial charge is 0.242 e. The van der Waals surface area contributed by atoms with E-state index < -0.39 is 10.0 Å². The summed E-state index contributed by atoms with van der Waals surface area (Å²) in [6.45, 7) is 0. The predicted molar refractivity (Wildman–Crippen MR) is 123 cm³/mol. The van der Waals surface area contributed by atoms with Crippen LogP contribution >= 0.6 is 11.8 Å². The number of rotatable bonds is 7. The Morgan fingerprint density at radius 1 is 1.06 bits per heavy atom. The van der Waals surface area contributed by atoms with Gasteiger partial charge in [-0.15, -0.1) is 0 Å². The molecule has 0 saturated heterocycles. The first-order valence-electron chi connectivity index (χ1n) is 9.55. The number of carbonyl (C=O) groups excluding carboxylic acids is 1. The summed E-state index contributed by atoms with van der Waals surface area (Å²) in [6, 6.07) is 15.7. The molecule has 0 radical (unpaired) electrons. The summed E-state index contributed by atoms with van der Waals surface area (Å²) in [6.07, 6.45) is 3.14. The number of fused-ring (bicyclic) bond motifs is 1. The van der Waals surface area contributed by atoms with Crippen LogP contribution in [0.25, 0.3) is 16.7 Å². The molecule has 32 heavy (non-hydrogen) atoms. The summed E-state index contributed by atoms with van der Waals surface area (Å²) < 4.78 is 27.1. The van der Waals surface area contributed by atoms with Gasteiger partial charge in [-0.3, -0.25) is 4.79 Å². The molecular formula is C21H20N6O3S2. The van der Waals surface area contributed by atoms with Crippen LogP contribution in [0.5, 0.6) is 0 Å². The normalized spacial score (nSPS) is 11.7. The maximum Gasteiger partial charge on any atom is 0.242 e. The van der Waals surface area contributed by atoms with Crippen LogP contribution in [0.3, 0.4) is 0 Å². The van der Waals surface area contributed by atoms with E-state index in [-0.39, 0.29) is 16.6 Å². The van der Waals surface area contributed by atoms with E-state index in [0.29, 0.717) is 16.4 Å². The first-order chi connectivity index (χ1) is 15.4. The van der Waals surface area contributed by atoms with Gasteiger partial charge in [-0.25, -0.2) is 27.4 Å². The van der Waals surface area contributed by atoms with E-state index in [1.54, 1.807) is 23.0 Å². The highest BCUT2D eigenvalue weighted by Gasteiger charge is 2.17. The number of hydrogen-bond donors (Lipinski definition) is 1. The molecule has 0 atom stereocenters. The summed E-state index contributed by atoms with van der Waals surface area (Å²) in [4.78, 5) is 21.2. The number of amides is 1. The minimum atomic E-state index is -3.51. The van der Waals surface area contributed by atoms with Gasteiger partial charge in [0.2, 0.25) is 15.9 Å². The second-order valence-corrected chi connectivity index (χ2v) is 10.1. The molecule has 4 aromatic rings. The van der Waals surface area contributed by atoms with Crippen molar-refractivity contribution in [2.75, 3.05) is 25.2 Å². The lowest BCUT2D eigenvalue weighted by Crippen LogP contribution is -2.22. The van der Waals surface area contributed by atoms with Crippen LogP contribution in [0.2, 0.25) is 0 Å². The molecule has 1 amide bonds. The highest BCUT2D eigenvalue weighted by Crippen LogP contribution is 2.26. The van der Waals surface area contributed by atoms with Crippen molar-refractivity contribution in [2.24, 2.45) is 0 Å². The molecule has 0 aliphatic heterocycles. The van der Waals surface area contributed by atoms with Crippen molar-refractivity contribution in [3.8, 4) is 5.69 Å². The van der Waals surface area contributed by atoms with Crippen molar-refractivity contribution in [1.29, 1.82) is 0 Å². The van der Waals surface area contributed by atoms with E-state index in [1.807, 2.05) is 30.3 Å². The summed E-state index contributed by atoms with van der Waals surface area (Å²) in [5.41, 5.74) is 2.06. The molecule has 0 bridgehead atoms. The van der Waals surface area contributed by atoms with Gasteiger partial charge in [0.1, 0.15) is 11.4 Å². The second kappa shape index (κ2) is 9.07. The fourth-order valence-electron chi connectivity index (χ4n) is 2.95. The highest BCUT2D eigenvalue weighted by atomic mass is 32.2. The van der Waals surface area contributed by atoms with Gasteiger partial charge in [0.15, 0.2) is 5.65 Å². The van der Waals surface area contributed by atoms with Crippen molar-refractivity contribution in [3.63, 3.8) is 0 Å². The molecule has 2 aromatic carbocycles. The maximum atomic E-state index is 12.4. The first kappa shape index (κ1) is 21.9. The summed E-state index contributed by atoms with van der Waals surface area (Å²) in [7, 11) is -0.577. The Labute approximate surface area is 189 Å². The fourth-order valence-corrected chi connectivity index (χ4v) is 4.61. The molecule has 11 heteroatoms. The first-order valence-corrected chi connectivity index (χ1v) is 12.0. The van der Waals surface area contributed by atoms with Gasteiger partial charge in [-0.05, 0) is 36.4 Å². The Balaban J connectivity index is 1.44. The predicted octanol–water partition coefficient (Wildman–Crippen LogP) is 2.80.